The molecule has 3 rings (SSSR count). The van der Waals surface area contributed by atoms with E-state index in [1.165, 1.54) is 16.4 Å². The number of hydrogen-bond acceptors (Lipinski definition) is 4. The highest BCUT2D eigenvalue weighted by Gasteiger charge is 2.28. The zero-order chi connectivity index (χ0) is 23.3. The predicted octanol–water partition coefficient (Wildman–Crippen LogP) is 2.89. The summed E-state index contributed by atoms with van der Waals surface area (Å²) in [6.45, 7) is 4.72. The molecular weight excluding hydrogens is 435 g/mol. The highest BCUT2D eigenvalue weighted by molar-refractivity contribution is 7.89. The second-order valence-corrected chi connectivity index (χ2v) is 9.78. The number of nitrogens with zero attached hydrogens (tertiary/aromatic N) is 2. The largest absolute Gasteiger partial charge is 0.337 e. The standard InChI is InChI=1S/C22H27FN4O4S/c1-16(2)24-22(29)25-19-6-3-5-17(15-19)21(28)26-11-4-12-27(14-13-26)32(30,31)20-9-7-18(23)8-10-20/h3,5-10,15-16H,4,11-14H2,1-2H3,(H2,24,25,29). The van der Waals surface area contributed by atoms with Crippen molar-refractivity contribution in [1.29, 1.82) is 0 Å². The Labute approximate surface area is 187 Å². The first-order valence-electron chi connectivity index (χ1n) is 10.4. The van der Waals surface area contributed by atoms with Gasteiger partial charge in [-0.2, -0.15) is 4.31 Å². The van der Waals surface area contributed by atoms with Gasteiger partial charge in [0.1, 0.15) is 5.82 Å². The third kappa shape index (κ3) is 5.83. The number of urea groups is 1. The zero-order valence-electron chi connectivity index (χ0n) is 18.0. The fourth-order valence-corrected chi connectivity index (χ4v) is 4.90. The smallest absolute Gasteiger partial charge is 0.319 e. The fourth-order valence-electron chi connectivity index (χ4n) is 3.43. The monoisotopic (exact) mass is 462 g/mol. The van der Waals surface area contributed by atoms with Crippen LogP contribution in [0.4, 0.5) is 14.9 Å². The number of rotatable bonds is 5. The number of sulfonamides is 1. The van der Waals surface area contributed by atoms with Crippen molar-refractivity contribution in [2.24, 2.45) is 0 Å². The third-order valence-corrected chi connectivity index (χ3v) is 6.89. The molecule has 0 radical (unpaired) electrons. The van der Waals surface area contributed by atoms with Gasteiger partial charge in [0.25, 0.3) is 5.91 Å². The van der Waals surface area contributed by atoms with Crippen LogP contribution in [-0.2, 0) is 10.0 Å². The molecule has 1 aliphatic heterocycles. The number of benzene rings is 2. The molecule has 32 heavy (non-hydrogen) atoms. The number of amides is 3. The van der Waals surface area contributed by atoms with Gasteiger partial charge < -0.3 is 15.5 Å². The van der Waals surface area contributed by atoms with Crippen LogP contribution in [0.3, 0.4) is 0 Å². The summed E-state index contributed by atoms with van der Waals surface area (Å²) in [6.07, 6.45) is 0.473. The first kappa shape index (κ1) is 23.7. The van der Waals surface area contributed by atoms with E-state index in [-0.39, 0.29) is 42.5 Å². The lowest BCUT2D eigenvalue weighted by Crippen LogP contribution is -2.37. The van der Waals surface area contributed by atoms with E-state index < -0.39 is 15.8 Å². The minimum absolute atomic E-state index is 0.0222. The van der Waals surface area contributed by atoms with Gasteiger partial charge in [0, 0.05) is 43.5 Å². The Bertz CT molecular complexity index is 1070. The Hall–Kier alpha value is -2.98. The topological polar surface area (TPSA) is 98.8 Å². The predicted molar refractivity (Wildman–Crippen MR) is 119 cm³/mol. The van der Waals surface area contributed by atoms with Crippen LogP contribution in [0.15, 0.2) is 53.4 Å². The van der Waals surface area contributed by atoms with Crippen LogP contribution in [0.25, 0.3) is 0 Å². The highest BCUT2D eigenvalue weighted by Crippen LogP contribution is 2.20. The van der Waals surface area contributed by atoms with Crippen molar-refractivity contribution in [3.05, 3.63) is 59.9 Å². The van der Waals surface area contributed by atoms with Crippen molar-refractivity contribution >= 4 is 27.6 Å². The normalized spacial score (nSPS) is 15.3. The molecule has 0 spiro atoms. The lowest BCUT2D eigenvalue weighted by molar-refractivity contribution is 0.0764. The van der Waals surface area contributed by atoms with Crippen LogP contribution in [0.2, 0.25) is 0 Å². The molecule has 1 heterocycles. The second-order valence-electron chi connectivity index (χ2n) is 7.84. The van der Waals surface area contributed by atoms with Crippen molar-refractivity contribution < 1.29 is 22.4 Å². The number of halogens is 1. The summed E-state index contributed by atoms with van der Waals surface area (Å²) in [5.74, 6) is -0.742. The van der Waals surface area contributed by atoms with E-state index in [9.17, 15) is 22.4 Å². The number of carbonyl (C=O) groups is 2. The van der Waals surface area contributed by atoms with Gasteiger partial charge in [-0.05, 0) is 62.7 Å². The molecular formula is C22H27FN4O4S. The number of anilines is 1. The summed E-state index contributed by atoms with van der Waals surface area (Å²) in [7, 11) is -3.77. The molecule has 0 bridgehead atoms. The molecule has 10 heteroatoms. The molecule has 8 nitrogen and oxygen atoms in total. The Balaban J connectivity index is 1.67. The maximum Gasteiger partial charge on any atom is 0.319 e. The number of nitrogens with one attached hydrogen (secondary N) is 2. The molecule has 0 aromatic heterocycles. The fraction of sp³-hybridized carbons (Fsp3) is 0.364. The van der Waals surface area contributed by atoms with Gasteiger partial charge in [-0.15, -0.1) is 0 Å². The number of carbonyl (C=O) groups excluding carboxylic acids is 2. The van der Waals surface area contributed by atoms with E-state index in [2.05, 4.69) is 10.6 Å². The van der Waals surface area contributed by atoms with Crippen LogP contribution in [0.1, 0.15) is 30.6 Å². The van der Waals surface area contributed by atoms with E-state index in [0.717, 1.165) is 12.1 Å². The highest BCUT2D eigenvalue weighted by atomic mass is 32.2. The maximum absolute atomic E-state index is 13.2. The van der Waals surface area contributed by atoms with Gasteiger partial charge in [-0.25, -0.2) is 17.6 Å². The summed E-state index contributed by atoms with van der Waals surface area (Å²) in [6, 6.07) is 11.0. The molecule has 2 aromatic rings. The first-order chi connectivity index (χ1) is 15.2. The summed E-state index contributed by atoms with van der Waals surface area (Å²) < 4.78 is 40.2. The molecule has 2 aromatic carbocycles. The SMILES string of the molecule is CC(C)NC(=O)Nc1cccc(C(=O)N2CCCN(S(=O)(=O)c3ccc(F)cc3)CC2)c1. The quantitative estimate of drug-likeness (QED) is 0.714. The van der Waals surface area contributed by atoms with Gasteiger partial charge in [0.15, 0.2) is 0 Å². The molecule has 2 N–H and O–H groups in total. The van der Waals surface area contributed by atoms with Gasteiger partial charge in [-0.1, -0.05) is 6.07 Å². The number of hydrogen-bond donors (Lipinski definition) is 2. The Morgan fingerprint density at radius 1 is 1.00 bits per heavy atom. The van der Waals surface area contributed by atoms with Gasteiger partial charge in [0.2, 0.25) is 10.0 Å². The summed E-state index contributed by atoms with van der Waals surface area (Å²) in [5.41, 5.74) is 0.895. The lowest BCUT2D eigenvalue weighted by atomic mass is 10.1. The zero-order valence-corrected chi connectivity index (χ0v) is 18.9. The molecule has 0 aliphatic carbocycles. The van der Waals surface area contributed by atoms with Crippen LogP contribution < -0.4 is 10.6 Å². The average molecular weight is 463 g/mol. The molecule has 0 unspecified atom stereocenters. The minimum Gasteiger partial charge on any atom is -0.337 e. The van der Waals surface area contributed by atoms with Crippen LogP contribution in [0, 0.1) is 5.82 Å². The van der Waals surface area contributed by atoms with E-state index in [4.69, 9.17) is 0 Å². The summed E-state index contributed by atoms with van der Waals surface area (Å²) >= 11 is 0. The summed E-state index contributed by atoms with van der Waals surface area (Å²) in [4.78, 5) is 26.6. The van der Waals surface area contributed by atoms with Crippen molar-refractivity contribution in [3.63, 3.8) is 0 Å². The molecule has 0 atom stereocenters. The van der Waals surface area contributed by atoms with Crippen LogP contribution in [0.5, 0.6) is 0 Å². The second kappa shape index (κ2) is 10.1. The molecule has 1 aliphatic rings. The summed E-state index contributed by atoms with van der Waals surface area (Å²) in [5, 5.41) is 5.42. The minimum atomic E-state index is -3.77. The molecule has 3 amide bonds. The maximum atomic E-state index is 13.2. The molecule has 0 saturated carbocycles. The Morgan fingerprint density at radius 2 is 1.72 bits per heavy atom. The van der Waals surface area contributed by atoms with Gasteiger partial charge in [0.05, 0.1) is 4.90 Å². The third-order valence-electron chi connectivity index (χ3n) is 4.98. The van der Waals surface area contributed by atoms with E-state index in [1.807, 2.05) is 13.8 Å². The van der Waals surface area contributed by atoms with E-state index >= 15 is 0 Å². The van der Waals surface area contributed by atoms with E-state index in [0.29, 0.717) is 24.2 Å². The van der Waals surface area contributed by atoms with Crippen molar-refractivity contribution in [3.8, 4) is 0 Å². The lowest BCUT2D eigenvalue weighted by Gasteiger charge is -2.22. The van der Waals surface area contributed by atoms with Crippen LogP contribution in [-0.4, -0.2) is 61.8 Å². The van der Waals surface area contributed by atoms with Crippen molar-refractivity contribution in [2.75, 3.05) is 31.5 Å². The van der Waals surface area contributed by atoms with Crippen LogP contribution >= 0.6 is 0 Å². The first-order valence-corrected chi connectivity index (χ1v) is 11.8. The molecule has 1 fully saturated rings. The Morgan fingerprint density at radius 3 is 2.41 bits per heavy atom. The van der Waals surface area contributed by atoms with Crippen molar-refractivity contribution in [1.82, 2.24) is 14.5 Å². The van der Waals surface area contributed by atoms with E-state index in [1.54, 1.807) is 29.2 Å². The molecule has 172 valence electrons. The Kier molecular flexibility index (Phi) is 7.47. The molecule has 1 saturated heterocycles. The van der Waals surface area contributed by atoms with Gasteiger partial charge in [-0.3, -0.25) is 4.79 Å². The van der Waals surface area contributed by atoms with Gasteiger partial charge >= 0.3 is 6.03 Å². The average Bonchev–Trinajstić information content (AvgIpc) is 3.00. The van der Waals surface area contributed by atoms with Crippen molar-refractivity contribution in [2.45, 2.75) is 31.2 Å².